The molecule has 1 amide bonds. The Labute approximate surface area is 207 Å². The van der Waals surface area contributed by atoms with Crippen LogP contribution in [0.5, 0.6) is 0 Å². The van der Waals surface area contributed by atoms with Gasteiger partial charge < -0.3 is 15.0 Å². The van der Waals surface area contributed by atoms with E-state index < -0.39 is 0 Å². The molecule has 1 heterocycles. The molecule has 4 unspecified atom stereocenters. The zero-order chi connectivity index (χ0) is 23.7. The number of carbonyl (C=O) groups excluding carboxylic acids is 2. The van der Waals surface area contributed by atoms with E-state index in [1.807, 2.05) is 25.1 Å². The van der Waals surface area contributed by atoms with E-state index in [9.17, 15) is 9.59 Å². The molecule has 1 aromatic carbocycles. The Kier molecular flexibility index (Phi) is 6.90. The van der Waals surface area contributed by atoms with Crippen LogP contribution in [0.2, 0.25) is 5.02 Å². The third-order valence-corrected chi connectivity index (χ3v) is 8.96. The molecule has 1 N–H and O–H groups in total. The van der Waals surface area contributed by atoms with Crippen LogP contribution in [0.3, 0.4) is 0 Å². The molecule has 5 rings (SSSR count). The maximum atomic E-state index is 12.6. The van der Waals surface area contributed by atoms with Gasteiger partial charge in [-0.2, -0.15) is 0 Å². The monoisotopic (exact) mass is 485 g/mol. The highest BCUT2D eigenvalue weighted by Crippen LogP contribution is 2.64. The predicted octanol–water partition coefficient (Wildman–Crippen LogP) is 4.18. The molecule has 4 atom stereocenters. The second-order valence-electron chi connectivity index (χ2n) is 10.4. The summed E-state index contributed by atoms with van der Waals surface area (Å²) in [5, 5.41) is 3.87. The number of hydrogen-bond donors (Lipinski definition) is 1. The summed E-state index contributed by atoms with van der Waals surface area (Å²) in [6.07, 6.45) is 10.4. The zero-order valence-corrected chi connectivity index (χ0v) is 20.8. The van der Waals surface area contributed by atoms with Crippen LogP contribution in [0, 0.1) is 11.3 Å². The number of nitrogens with zero attached hydrogens (tertiary/aromatic N) is 2. The van der Waals surface area contributed by atoms with E-state index in [1.165, 1.54) is 31.4 Å². The third-order valence-electron chi connectivity index (χ3n) is 8.71. The van der Waals surface area contributed by atoms with Gasteiger partial charge >= 0.3 is 5.97 Å². The molecule has 1 spiro atoms. The summed E-state index contributed by atoms with van der Waals surface area (Å²) in [5.41, 5.74) is 1.93. The Hall–Kier alpha value is -2.05. The number of hydrogen-bond acceptors (Lipinski definition) is 5. The summed E-state index contributed by atoms with van der Waals surface area (Å²) in [6.45, 7) is 5.27. The van der Waals surface area contributed by atoms with Crippen LogP contribution < -0.4 is 10.2 Å². The van der Waals surface area contributed by atoms with Gasteiger partial charge in [-0.1, -0.05) is 30.5 Å². The molecule has 3 aliphatic carbocycles. The van der Waals surface area contributed by atoms with E-state index in [1.54, 1.807) is 0 Å². The maximum Gasteiger partial charge on any atom is 0.333 e. The van der Waals surface area contributed by atoms with E-state index >= 15 is 0 Å². The fourth-order valence-corrected chi connectivity index (χ4v) is 7.10. The topological polar surface area (TPSA) is 61.9 Å². The number of halogens is 1. The van der Waals surface area contributed by atoms with Crippen molar-refractivity contribution in [2.75, 3.05) is 31.1 Å². The van der Waals surface area contributed by atoms with Gasteiger partial charge in [0.15, 0.2) is 0 Å². The van der Waals surface area contributed by atoms with Crippen molar-refractivity contribution in [1.29, 1.82) is 0 Å². The molecule has 0 bridgehead atoms. The minimum Gasteiger partial charge on any atom is -0.463 e. The number of carbonyl (C=O) groups is 2. The van der Waals surface area contributed by atoms with Crippen LogP contribution in [0.1, 0.15) is 51.9 Å². The van der Waals surface area contributed by atoms with Crippen molar-refractivity contribution in [2.45, 2.75) is 70.0 Å². The Balaban J connectivity index is 1.41. The van der Waals surface area contributed by atoms with Crippen molar-refractivity contribution in [3.63, 3.8) is 0 Å². The SMILES string of the molecule is CCOC(=O)C1=CCC(NC=O)C2(C1)CC2C1CN(c2ccc(Cl)cc2)CCN1C1CCCC1. The van der Waals surface area contributed by atoms with Crippen LogP contribution in [-0.4, -0.2) is 61.6 Å². The van der Waals surface area contributed by atoms with E-state index in [4.69, 9.17) is 16.3 Å². The van der Waals surface area contributed by atoms with Gasteiger partial charge in [-0.25, -0.2) is 4.79 Å². The normalized spacial score (nSPS) is 31.9. The van der Waals surface area contributed by atoms with Crippen LogP contribution in [0.25, 0.3) is 0 Å². The van der Waals surface area contributed by atoms with Crippen LogP contribution in [-0.2, 0) is 14.3 Å². The number of benzene rings is 1. The quantitative estimate of drug-likeness (QED) is 0.463. The van der Waals surface area contributed by atoms with Crippen molar-refractivity contribution in [3.8, 4) is 0 Å². The van der Waals surface area contributed by atoms with Gasteiger partial charge in [0.1, 0.15) is 0 Å². The molecular weight excluding hydrogens is 450 g/mol. The smallest absolute Gasteiger partial charge is 0.333 e. The maximum absolute atomic E-state index is 12.6. The van der Waals surface area contributed by atoms with E-state index in [0.29, 0.717) is 37.5 Å². The summed E-state index contributed by atoms with van der Waals surface area (Å²) < 4.78 is 5.34. The number of rotatable bonds is 7. The molecule has 6 nitrogen and oxygen atoms in total. The molecule has 1 aromatic rings. The fraction of sp³-hybridized carbons (Fsp3) is 0.630. The van der Waals surface area contributed by atoms with Crippen LogP contribution >= 0.6 is 11.6 Å². The molecule has 184 valence electrons. The van der Waals surface area contributed by atoms with Crippen molar-refractivity contribution >= 4 is 29.7 Å². The molecular formula is C27H36ClN3O3. The standard InChI is InChI=1S/C27H36ClN3O3/c1-2-34-26(33)19-7-12-25(29-18-32)27(15-19)16-23(27)24-17-30(21-10-8-20(28)9-11-21)13-14-31(24)22-5-3-4-6-22/h7-11,18,22-25H,2-6,12-17H2,1H3,(H,29,32). The van der Waals surface area contributed by atoms with Crippen molar-refractivity contribution in [1.82, 2.24) is 10.2 Å². The molecule has 2 saturated carbocycles. The Morgan fingerprint density at radius 3 is 2.71 bits per heavy atom. The zero-order valence-electron chi connectivity index (χ0n) is 20.0. The first kappa shape index (κ1) is 23.7. The average Bonchev–Trinajstić information content (AvgIpc) is 3.27. The van der Waals surface area contributed by atoms with Gasteiger partial charge in [0.25, 0.3) is 0 Å². The first-order valence-electron chi connectivity index (χ1n) is 12.9. The summed E-state index contributed by atoms with van der Waals surface area (Å²) in [5.74, 6) is 0.245. The van der Waals surface area contributed by atoms with Gasteiger partial charge in [0, 0.05) is 54.0 Å². The first-order valence-corrected chi connectivity index (χ1v) is 13.3. The minimum atomic E-state index is -0.198. The summed E-state index contributed by atoms with van der Waals surface area (Å²) in [7, 11) is 0. The summed E-state index contributed by atoms with van der Waals surface area (Å²) >= 11 is 6.15. The molecule has 34 heavy (non-hydrogen) atoms. The summed E-state index contributed by atoms with van der Waals surface area (Å²) in [4.78, 5) is 29.3. The second-order valence-corrected chi connectivity index (χ2v) is 10.8. The first-order chi connectivity index (χ1) is 16.6. The van der Waals surface area contributed by atoms with Crippen molar-refractivity contribution in [2.24, 2.45) is 11.3 Å². The van der Waals surface area contributed by atoms with E-state index in [-0.39, 0.29) is 17.4 Å². The van der Waals surface area contributed by atoms with E-state index in [0.717, 1.165) is 43.1 Å². The molecule has 0 radical (unpaired) electrons. The predicted molar refractivity (Wildman–Crippen MR) is 134 cm³/mol. The minimum absolute atomic E-state index is 0.0672. The highest BCUT2D eigenvalue weighted by Gasteiger charge is 2.64. The van der Waals surface area contributed by atoms with E-state index in [2.05, 4.69) is 27.2 Å². The highest BCUT2D eigenvalue weighted by molar-refractivity contribution is 6.30. The molecule has 4 aliphatic rings. The molecule has 3 fully saturated rings. The van der Waals surface area contributed by atoms with Gasteiger partial charge in [0.05, 0.1) is 6.61 Å². The highest BCUT2D eigenvalue weighted by atomic mass is 35.5. The van der Waals surface area contributed by atoms with Crippen molar-refractivity contribution < 1.29 is 14.3 Å². The summed E-state index contributed by atoms with van der Waals surface area (Å²) in [6, 6.07) is 9.30. The van der Waals surface area contributed by atoms with Gasteiger partial charge in [-0.15, -0.1) is 0 Å². The van der Waals surface area contributed by atoms with Crippen LogP contribution in [0.4, 0.5) is 5.69 Å². The number of amides is 1. The van der Waals surface area contributed by atoms with Crippen LogP contribution in [0.15, 0.2) is 35.9 Å². The molecule has 7 heteroatoms. The Bertz CT molecular complexity index is 930. The van der Waals surface area contributed by atoms with Crippen molar-refractivity contribution in [3.05, 3.63) is 40.9 Å². The van der Waals surface area contributed by atoms with Gasteiger partial charge in [-0.05, 0) is 74.6 Å². The number of piperazine rings is 1. The fourth-order valence-electron chi connectivity index (χ4n) is 6.97. The largest absolute Gasteiger partial charge is 0.463 e. The van der Waals surface area contributed by atoms with Gasteiger partial charge in [-0.3, -0.25) is 9.69 Å². The number of nitrogens with one attached hydrogen (secondary N) is 1. The average molecular weight is 486 g/mol. The third kappa shape index (κ3) is 4.47. The lowest BCUT2D eigenvalue weighted by Gasteiger charge is -2.47. The molecule has 1 aliphatic heterocycles. The van der Waals surface area contributed by atoms with Gasteiger partial charge in [0.2, 0.25) is 6.41 Å². The lowest BCUT2D eigenvalue weighted by molar-refractivity contribution is -0.139. The Morgan fingerprint density at radius 2 is 2.00 bits per heavy atom. The number of anilines is 1. The lowest BCUT2D eigenvalue weighted by atomic mass is 9.78. The second kappa shape index (κ2) is 9.90. The number of esters is 1. The molecule has 1 saturated heterocycles. The number of ether oxygens (including phenoxy) is 1. The lowest BCUT2D eigenvalue weighted by Crippen LogP contribution is -2.58. The molecule has 0 aromatic heterocycles. The Morgan fingerprint density at radius 1 is 1.24 bits per heavy atom.